The molecule has 0 aliphatic carbocycles. The molecular weight excluding hydrogens is 188 g/mol. The first kappa shape index (κ1) is 12.9. The Bertz CT molecular complexity index is 188. The topological polar surface area (TPSA) is 26.7 Å². The van der Waals surface area contributed by atoms with Gasteiger partial charge in [-0.05, 0) is 34.6 Å². The summed E-state index contributed by atoms with van der Waals surface area (Å²) in [4.78, 5) is 4.94. The van der Waals surface area contributed by atoms with Crippen molar-refractivity contribution in [3.05, 3.63) is 0 Å². The van der Waals surface area contributed by atoms with Crippen LogP contribution >= 0.6 is 0 Å². The largest absolute Gasteiger partial charge is 0.395 e. The van der Waals surface area contributed by atoms with Gasteiger partial charge in [-0.25, -0.2) is 0 Å². The molecule has 2 atom stereocenters. The average Bonchev–Trinajstić information content (AvgIpc) is 2.09. The van der Waals surface area contributed by atoms with Crippen LogP contribution in [0.4, 0.5) is 0 Å². The van der Waals surface area contributed by atoms with Crippen molar-refractivity contribution in [2.45, 2.75) is 52.2 Å². The summed E-state index contributed by atoms with van der Waals surface area (Å²) in [7, 11) is 0. The SMILES string of the molecule is C[C@@H]1CN(C(C)(C)C)C[C@H](C)N1CCO. The fraction of sp³-hybridized carbons (Fsp3) is 1.00. The molecule has 0 unspecified atom stereocenters. The number of rotatable bonds is 2. The Kier molecular flexibility index (Phi) is 4.15. The molecule has 0 aromatic heterocycles. The molecule has 0 radical (unpaired) electrons. The summed E-state index contributed by atoms with van der Waals surface area (Å²) in [5.74, 6) is 0. The molecular formula is C12H26N2O. The number of β-amino-alcohol motifs (C(OH)–C–C–N with tert-alkyl or cyclic N) is 1. The first-order valence-corrected chi connectivity index (χ1v) is 5.98. The van der Waals surface area contributed by atoms with Crippen LogP contribution in [-0.2, 0) is 0 Å². The molecule has 0 aromatic rings. The third kappa shape index (κ3) is 3.16. The molecule has 0 saturated carbocycles. The van der Waals surface area contributed by atoms with E-state index in [9.17, 15) is 0 Å². The Morgan fingerprint density at radius 1 is 1.13 bits per heavy atom. The van der Waals surface area contributed by atoms with E-state index < -0.39 is 0 Å². The molecule has 1 heterocycles. The minimum Gasteiger partial charge on any atom is -0.395 e. The van der Waals surface area contributed by atoms with E-state index in [1.54, 1.807) is 0 Å². The van der Waals surface area contributed by atoms with Gasteiger partial charge in [0, 0.05) is 37.3 Å². The highest BCUT2D eigenvalue weighted by Gasteiger charge is 2.33. The average molecular weight is 214 g/mol. The van der Waals surface area contributed by atoms with Gasteiger partial charge in [0.2, 0.25) is 0 Å². The first-order valence-electron chi connectivity index (χ1n) is 5.98. The van der Waals surface area contributed by atoms with Crippen LogP contribution in [0.1, 0.15) is 34.6 Å². The number of hydrogen-bond acceptors (Lipinski definition) is 3. The molecule has 90 valence electrons. The number of nitrogens with zero attached hydrogens (tertiary/aromatic N) is 2. The van der Waals surface area contributed by atoms with E-state index in [0.29, 0.717) is 12.1 Å². The lowest BCUT2D eigenvalue weighted by Gasteiger charge is -2.49. The van der Waals surface area contributed by atoms with Gasteiger partial charge in [-0.1, -0.05) is 0 Å². The Morgan fingerprint density at radius 3 is 1.93 bits per heavy atom. The summed E-state index contributed by atoms with van der Waals surface area (Å²) in [6.07, 6.45) is 0. The summed E-state index contributed by atoms with van der Waals surface area (Å²) in [5.41, 5.74) is 0.258. The van der Waals surface area contributed by atoms with Gasteiger partial charge < -0.3 is 5.11 Å². The zero-order valence-electron chi connectivity index (χ0n) is 10.8. The molecule has 0 spiro atoms. The maximum absolute atomic E-state index is 9.02. The molecule has 0 amide bonds. The van der Waals surface area contributed by atoms with E-state index in [4.69, 9.17) is 5.11 Å². The Balaban J connectivity index is 2.62. The fourth-order valence-electron chi connectivity index (χ4n) is 2.46. The van der Waals surface area contributed by atoms with E-state index in [1.807, 2.05) is 0 Å². The van der Waals surface area contributed by atoms with Crippen molar-refractivity contribution in [2.75, 3.05) is 26.2 Å². The van der Waals surface area contributed by atoms with Crippen molar-refractivity contribution in [3.63, 3.8) is 0 Å². The summed E-state index contributed by atoms with van der Waals surface area (Å²) >= 11 is 0. The zero-order valence-corrected chi connectivity index (χ0v) is 10.8. The van der Waals surface area contributed by atoms with Gasteiger partial charge in [-0.2, -0.15) is 0 Å². The van der Waals surface area contributed by atoms with Crippen molar-refractivity contribution in [1.29, 1.82) is 0 Å². The van der Waals surface area contributed by atoms with Crippen molar-refractivity contribution in [2.24, 2.45) is 0 Å². The minimum absolute atomic E-state index is 0.258. The molecule has 1 aliphatic heterocycles. The van der Waals surface area contributed by atoms with Gasteiger partial charge in [-0.3, -0.25) is 9.80 Å². The van der Waals surface area contributed by atoms with E-state index in [2.05, 4.69) is 44.4 Å². The van der Waals surface area contributed by atoms with E-state index in [1.165, 1.54) is 0 Å². The number of aliphatic hydroxyl groups excluding tert-OH is 1. The first-order chi connectivity index (χ1) is 6.86. The van der Waals surface area contributed by atoms with Crippen molar-refractivity contribution in [1.82, 2.24) is 9.80 Å². The molecule has 0 bridgehead atoms. The van der Waals surface area contributed by atoms with E-state index in [0.717, 1.165) is 19.6 Å². The number of piperazine rings is 1. The number of aliphatic hydroxyl groups is 1. The smallest absolute Gasteiger partial charge is 0.0558 e. The second kappa shape index (κ2) is 4.81. The summed E-state index contributed by atoms with van der Waals surface area (Å²) < 4.78 is 0. The van der Waals surface area contributed by atoms with Gasteiger partial charge in [0.1, 0.15) is 0 Å². The van der Waals surface area contributed by atoms with E-state index in [-0.39, 0.29) is 12.1 Å². The molecule has 1 saturated heterocycles. The highest BCUT2D eigenvalue weighted by atomic mass is 16.3. The van der Waals surface area contributed by atoms with Crippen LogP contribution in [-0.4, -0.2) is 58.8 Å². The highest BCUT2D eigenvalue weighted by Crippen LogP contribution is 2.22. The zero-order chi connectivity index (χ0) is 11.6. The third-order valence-electron chi connectivity index (χ3n) is 3.41. The summed E-state index contributed by atoms with van der Waals surface area (Å²) in [6.45, 7) is 14.6. The lowest BCUT2D eigenvalue weighted by Crippen LogP contribution is -2.61. The minimum atomic E-state index is 0.258. The van der Waals surface area contributed by atoms with Crippen LogP contribution < -0.4 is 0 Å². The second-order valence-corrected chi connectivity index (χ2v) is 5.74. The third-order valence-corrected chi connectivity index (χ3v) is 3.41. The standard InChI is InChI=1S/C12H26N2O/c1-10-8-13(12(3,4)5)9-11(2)14(10)6-7-15/h10-11,15H,6-9H2,1-5H3/t10-,11+. The summed E-state index contributed by atoms with van der Waals surface area (Å²) in [6, 6.07) is 1.08. The molecule has 1 N–H and O–H groups in total. The Labute approximate surface area is 94.1 Å². The van der Waals surface area contributed by atoms with Gasteiger partial charge in [0.05, 0.1) is 6.61 Å². The Morgan fingerprint density at radius 2 is 1.60 bits per heavy atom. The van der Waals surface area contributed by atoms with Gasteiger partial charge in [0.15, 0.2) is 0 Å². The molecule has 1 aliphatic rings. The van der Waals surface area contributed by atoms with Crippen LogP contribution in [0.25, 0.3) is 0 Å². The monoisotopic (exact) mass is 214 g/mol. The van der Waals surface area contributed by atoms with Gasteiger partial charge in [0.25, 0.3) is 0 Å². The quantitative estimate of drug-likeness (QED) is 0.747. The maximum atomic E-state index is 9.02. The predicted octanol–water partition coefficient (Wildman–Crippen LogP) is 1.17. The molecule has 3 heteroatoms. The van der Waals surface area contributed by atoms with Crippen LogP contribution in [0.3, 0.4) is 0 Å². The predicted molar refractivity (Wildman–Crippen MR) is 64.0 cm³/mol. The van der Waals surface area contributed by atoms with Crippen LogP contribution in [0, 0.1) is 0 Å². The lowest BCUT2D eigenvalue weighted by molar-refractivity contribution is -0.0119. The molecule has 15 heavy (non-hydrogen) atoms. The van der Waals surface area contributed by atoms with Crippen molar-refractivity contribution < 1.29 is 5.11 Å². The van der Waals surface area contributed by atoms with E-state index >= 15 is 0 Å². The summed E-state index contributed by atoms with van der Waals surface area (Å²) in [5, 5.41) is 9.02. The normalized spacial score (nSPS) is 30.8. The molecule has 3 nitrogen and oxygen atoms in total. The fourth-order valence-corrected chi connectivity index (χ4v) is 2.46. The van der Waals surface area contributed by atoms with Crippen LogP contribution in [0.5, 0.6) is 0 Å². The number of hydrogen-bond donors (Lipinski definition) is 1. The van der Waals surface area contributed by atoms with Gasteiger partial charge in [-0.15, -0.1) is 0 Å². The second-order valence-electron chi connectivity index (χ2n) is 5.74. The van der Waals surface area contributed by atoms with Crippen molar-refractivity contribution in [3.8, 4) is 0 Å². The van der Waals surface area contributed by atoms with Gasteiger partial charge >= 0.3 is 0 Å². The van der Waals surface area contributed by atoms with Crippen LogP contribution in [0.2, 0.25) is 0 Å². The molecule has 1 rings (SSSR count). The van der Waals surface area contributed by atoms with Crippen LogP contribution in [0.15, 0.2) is 0 Å². The molecule has 0 aromatic carbocycles. The lowest BCUT2D eigenvalue weighted by atomic mass is 9.99. The maximum Gasteiger partial charge on any atom is 0.0558 e. The van der Waals surface area contributed by atoms with Crippen molar-refractivity contribution >= 4 is 0 Å². The highest BCUT2D eigenvalue weighted by molar-refractivity contribution is 4.90. The Hall–Kier alpha value is -0.120. The molecule has 1 fully saturated rings.